The van der Waals surface area contributed by atoms with Crippen LogP contribution in [-0.4, -0.2) is 43.8 Å². The van der Waals surface area contributed by atoms with Crippen LogP contribution in [0.1, 0.15) is 24.7 Å². The molecule has 1 aliphatic rings. The van der Waals surface area contributed by atoms with Crippen LogP contribution in [0.2, 0.25) is 0 Å². The highest BCUT2D eigenvalue weighted by Crippen LogP contribution is 2.26. The van der Waals surface area contributed by atoms with E-state index < -0.39 is 41.4 Å². The summed E-state index contributed by atoms with van der Waals surface area (Å²) in [5.74, 6) is -2.93. The average Bonchev–Trinajstić information content (AvgIpc) is 2.54. The molecule has 1 aromatic heterocycles. The van der Waals surface area contributed by atoms with E-state index in [4.69, 9.17) is 5.11 Å². The molecular weight excluding hydrogens is 333 g/mol. The maximum Gasteiger partial charge on any atom is 0.322 e. The number of benzene rings is 1. The Hall–Kier alpha value is -2.81. The van der Waals surface area contributed by atoms with Gasteiger partial charge in [0.2, 0.25) is 0 Å². The molecule has 1 aliphatic heterocycles. The molecule has 0 amide bonds. The van der Waals surface area contributed by atoms with Crippen molar-refractivity contribution in [3.8, 4) is 0 Å². The predicted octanol–water partition coefficient (Wildman–Crippen LogP) is 0.675. The third-order valence-corrected chi connectivity index (χ3v) is 4.47. The van der Waals surface area contributed by atoms with Gasteiger partial charge in [0, 0.05) is 0 Å². The van der Waals surface area contributed by atoms with Gasteiger partial charge in [-0.05, 0) is 31.9 Å². The molecule has 25 heavy (non-hydrogen) atoms. The molecule has 0 saturated carbocycles. The van der Waals surface area contributed by atoms with Crippen molar-refractivity contribution in [2.24, 2.45) is 0 Å². The molecule has 8 nitrogen and oxygen atoms in total. The number of aryl methyl sites for hydroxylation is 1. The summed E-state index contributed by atoms with van der Waals surface area (Å²) in [6.45, 7) is 1.54. The van der Waals surface area contributed by atoms with E-state index in [2.05, 4.69) is 10.3 Å². The van der Waals surface area contributed by atoms with Crippen molar-refractivity contribution in [2.45, 2.75) is 37.9 Å². The summed E-state index contributed by atoms with van der Waals surface area (Å²) < 4.78 is 15.2. The number of fused-ring (bicyclic) bond motifs is 1. The largest absolute Gasteiger partial charge is 0.480 e. The Balaban J connectivity index is 2.15. The monoisotopic (exact) mass is 349 g/mol. The summed E-state index contributed by atoms with van der Waals surface area (Å²) in [5, 5.41) is 20.9. The third-order valence-electron chi connectivity index (χ3n) is 4.47. The Labute approximate surface area is 140 Å². The normalized spacial score (nSPS) is 23.5. The summed E-state index contributed by atoms with van der Waals surface area (Å²) in [4.78, 5) is 39.7. The van der Waals surface area contributed by atoms with Gasteiger partial charge in [-0.25, -0.2) is 9.37 Å². The van der Waals surface area contributed by atoms with Gasteiger partial charge in [-0.1, -0.05) is 6.07 Å². The van der Waals surface area contributed by atoms with Crippen molar-refractivity contribution in [3.63, 3.8) is 0 Å². The number of hydrogen-bond donors (Lipinski definition) is 3. The van der Waals surface area contributed by atoms with Gasteiger partial charge in [0.05, 0.1) is 11.6 Å². The smallest absolute Gasteiger partial charge is 0.322 e. The van der Waals surface area contributed by atoms with Gasteiger partial charge in [-0.3, -0.25) is 24.3 Å². The van der Waals surface area contributed by atoms with Gasteiger partial charge < -0.3 is 10.2 Å². The minimum absolute atomic E-state index is 0.142. The lowest BCUT2D eigenvalue weighted by Gasteiger charge is -2.35. The van der Waals surface area contributed by atoms with Crippen molar-refractivity contribution in [3.05, 3.63) is 40.2 Å². The fourth-order valence-corrected chi connectivity index (χ4v) is 3.33. The maximum atomic E-state index is 14.1. The number of aromatic nitrogens is 2. The first-order valence-electron chi connectivity index (χ1n) is 7.70. The lowest BCUT2D eigenvalue weighted by molar-refractivity contribution is -0.145. The fourth-order valence-electron chi connectivity index (χ4n) is 3.33. The number of nitrogens with one attached hydrogen (secondary N) is 1. The van der Waals surface area contributed by atoms with Crippen LogP contribution in [0.5, 0.6) is 0 Å². The highest BCUT2D eigenvalue weighted by Gasteiger charge is 2.39. The number of carbonyl (C=O) groups is 2. The molecule has 9 heteroatoms. The third kappa shape index (κ3) is 2.86. The van der Waals surface area contributed by atoms with Gasteiger partial charge in [0.25, 0.3) is 5.56 Å². The van der Waals surface area contributed by atoms with Crippen LogP contribution in [-0.2, 0) is 9.59 Å². The highest BCUT2D eigenvalue weighted by atomic mass is 19.1. The molecule has 2 aromatic rings. The molecule has 3 N–H and O–H groups in total. The van der Waals surface area contributed by atoms with Crippen LogP contribution in [0.4, 0.5) is 4.39 Å². The minimum atomic E-state index is -1.29. The van der Waals surface area contributed by atoms with Gasteiger partial charge in [-0.2, -0.15) is 0 Å². The maximum absolute atomic E-state index is 14.1. The number of halogens is 1. The number of carboxylic acids is 2. The van der Waals surface area contributed by atoms with Crippen molar-refractivity contribution < 1.29 is 24.2 Å². The molecule has 0 bridgehead atoms. The molecule has 2 heterocycles. The number of rotatable bonds is 3. The second kappa shape index (κ2) is 6.25. The molecule has 0 radical (unpaired) electrons. The lowest BCUT2D eigenvalue weighted by atomic mass is 9.92. The van der Waals surface area contributed by atoms with E-state index in [9.17, 15) is 23.9 Å². The van der Waals surface area contributed by atoms with Crippen LogP contribution in [0.3, 0.4) is 0 Å². The number of aliphatic carboxylic acids is 2. The van der Waals surface area contributed by atoms with Crippen LogP contribution in [0, 0.1) is 12.7 Å². The van der Waals surface area contributed by atoms with Gasteiger partial charge in [0.1, 0.15) is 29.1 Å². The molecule has 1 aromatic carbocycles. The quantitative estimate of drug-likeness (QED) is 0.745. The average molecular weight is 349 g/mol. The minimum Gasteiger partial charge on any atom is -0.480 e. The first-order chi connectivity index (χ1) is 11.8. The van der Waals surface area contributed by atoms with E-state index in [1.54, 1.807) is 0 Å². The summed E-state index contributed by atoms with van der Waals surface area (Å²) in [6, 6.07) is 0.908. The van der Waals surface area contributed by atoms with Crippen molar-refractivity contribution >= 4 is 22.8 Å². The molecule has 0 spiro atoms. The number of nitrogens with zero attached hydrogens (tertiary/aromatic N) is 2. The molecule has 3 atom stereocenters. The predicted molar refractivity (Wildman–Crippen MR) is 85.0 cm³/mol. The fraction of sp³-hybridized carbons (Fsp3) is 0.375. The topological polar surface area (TPSA) is 122 Å². The molecular formula is C16H16FN3O5. The molecule has 132 valence electrons. The molecule has 0 aliphatic carbocycles. The molecule has 3 unspecified atom stereocenters. The zero-order valence-corrected chi connectivity index (χ0v) is 13.3. The zero-order valence-electron chi connectivity index (χ0n) is 13.3. The summed E-state index contributed by atoms with van der Waals surface area (Å²) >= 11 is 0. The van der Waals surface area contributed by atoms with Crippen molar-refractivity contribution in [1.82, 2.24) is 14.9 Å². The first-order valence-corrected chi connectivity index (χ1v) is 7.70. The summed E-state index contributed by atoms with van der Waals surface area (Å²) in [7, 11) is 0. The SMILES string of the molecule is Cc1nc2cccc(F)c2c(=O)n1C1CCC(C(=O)O)NC1C(=O)O. The van der Waals surface area contributed by atoms with E-state index in [1.807, 2.05) is 0 Å². The van der Waals surface area contributed by atoms with E-state index in [-0.39, 0.29) is 29.6 Å². The summed E-state index contributed by atoms with van der Waals surface area (Å²) in [5.41, 5.74) is -0.481. The van der Waals surface area contributed by atoms with Crippen LogP contribution < -0.4 is 10.9 Å². The Morgan fingerprint density at radius 1 is 1.28 bits per heavy atom. The van der Waals surface area contributed by atoms with Gasteiger partial charge in [-0.15, -0.1) is 0 Å². The Morgan fingerprint density at radius 3 is 2.64 bits per heavy atom. The van der Waals surface area contributed by atoms with Crippen molar-refractivity contribution in [1.29, 1.82) is 0 Å². The number of piperidine rings is 1. The van der Waals surface area contributed by atoms with E-state index >= 15 is 0 Å². The van der Waals surface area contributed by atoms with Crippen LogP contribution in [0.15, 0.2) is 23.0 Å². The Morgan fingerprint density at radius 2 is 2.00 bits per heavy atom. The van der Waals surface area contributed by atoms with Crippen molar-refractivity contribution in [2.75, 3.05) is 0 Å². The van der Waals surface area contributed by atoms with E-state index in [0.29, 0.717) is 0 Å². The molecule has 1 fully saturated rings. The Bertz CT molecular complexity index is 926. The van der Waals surface area contributed by atoms with E-state index in [0.717, 1.165) is 10.6 Å². The van der Waals surface area contributed by atoms with Gasteiger partial charge in [0.15, 0.2) is 0 Å². The lowest BCUT2D eigenvalue weighted by Crippen LogP contribution is -2.56. The van der Waals surface area contributed by atoms with E-state index in [1.165, 1.54) is 19.1 Å². The standard InChI is InChI=1S/C16H16FN3O5/c1-7-18-9-4-2-3-8(17)12(9)14(21)20(7)11-6-5-10(15(22)23)19-13(11)16(24)25/h2-4,10-11,13,19H,5-6H2,1H3,(H,22,23)(H,24,25). The highest BCUT2D eigenvalue weighted by molar-refractivity contribution is 5.80. The first kappa shape index (κ1) is 17.0. The van der Waals surface area contributed by atoms with Crippen LogP contribution >= 0.6 is 0 Å². The zero-order chi connectivity index (χ0) is 18.3. The molecule has 1 saturated heterocycles. The Kier molecular flexibility index (Phi) is 4.25. The van der Waals surface area contributed by atoms with Crippen LogP contribution in [0.25, 0.3) is 10.9 Å². The summed E-state index contributed by atoms with van der Waals surface area (Å²) in [6.07, 6.45) is 0.286. The van der Waals surface area contributed by atoms with Gasteiger partial charge >= 0.3 is 11.9 Å². The number of carboxylic acid groups (broad SMARTS) is 2. The second-order valence-electron chi connectivity index (χ2n) is 5.99. The second-order valence-corrected chi connectivity index (χ2v) is 5.99. The molecule has 3 rings (SSSR count). The number of hydrogen-bond acceptors (Lipinski definition) is 5.